The summed E-state index contributed by atoms with van der Waals surface area (Å²) in [6, 6.07) is 0. The molecule has 6 nitrogen and oxygen atoms in total. The maximum Gasteiger partial charge on any atom is 0.331 e. The van der Waals surface area contributed by atoms with Gasteiger partial charge in [-0.1, -0.05) is 25.5 Å². The van der Waals surface area contributed by atoms with E-state index in [4.69, 9.17) is 14.2 Å². The van der Waals surface area contributed by atoms with E-state index in [1.165, 1.54) is 6.92 Å². The topological polar surface area (TPSA) is 82.1 Å². The van der Waals surface area contributed by atoms with Gasteiger partial charge in [-0.05, 0) is 57.1 Å². The molecule has 4 rings (SSSR count). The Bertz CT molecular complexity index is 876. The molecule has 0 aromatic heterocycles. The molecule has 30 heavy (non-hydrogen) atoms. The van der Waals surface area contributed by atoms with E-state index in [2.05, 4.69) is 19.9 Å². The third kappa shape index (κ3) is 3.20. The van der Waals surface area contributed by atoms with Crippen molar-refractivity contribution < 1.29 is 28.9 Å². The van der Waals surface area contributed by atoms with Crippen LogP contribution in [0.4, 0.5) is 0 Å². The predicted molar refractivity (Wildman–Crippen MR) is 110 cm³/mol. The molecule has 1 N–H and O–H groups in total. The minimum atomic E-state index is -1.59. The van der Waals surface area contributed by atoms with Crippen molar-refractivity contribution in [2.75, 3.05) is 0 Å². The van der Waals surface area contributed by atoms with Gasteiger partial charge in [-0.25, -0.2) is 4.79 Å². The Hall–Kier alpha value is -2.08. The molecule has 6 atom stereocenters. The van der Waals surface area contributed by atoms with Crippen LogP contribution in [0.1, 0.15) is 60.8 Å². The number of fused-ring (bicyclic) bond motifs is 1. The quantitative estimate of drug-likeness (QED) is 0.517. The van der Waals surface area contributed by atoms with Gasteiger partial charge < -0.3 is 19.3 Å². The van der Waals surface area contributed by atoms with E-state index in [9.17, 15) is 14.7 Å². The zero-order chi connectivity index (χ0) is 22.0. The molecule has 0 aromatic carbocycles. The van der Waals surface area contributed by atoms with Crippen LogP contribution in [-0.2, 0) is 23.8 Å². The van der Waals surface area contributed by atoms with Gasteiger partial charge >= 0.3 is 11.9 Å². The van der Waals surface area contributed by atoms with Gasteiger partial charge in [0.05, 0.1) is 5.92 Å². The smallest absolute Gasteiger partial charge is 0.331 e. The lowest BCUT2D eigenvalue weighted by molar-refractivity contribution is -0.183. The number of allylic oxidation sites excluding steroid dienone is 2. The fraction of sp³-hybridized carbons (Fsp3) is 0.667. The average molecular weight is 417 g/mol. The second-order valence-electron chi connectivity index (χ2n) is 9.93. The van der Waals surface area contributed by atoms with Gasteiger partial charge in [0.2, 0.25) is 5.79 Å². The van der Waals surface area contributed by atoms with Gasteiger partial charge in [0.25, 0.3) is 0 Å². The van der Waals surface area contributed by atoms with Crippen molar-refractivity contribution in [3.05, 3.63) is 34.6 Å². The Morgan fingerprint density at radius 1 is 1.17 bits per heavy atom. The van der Waals surface area contributed by atoms with Crippen molar-refractivity contribution in [1.82, 2.24) is 0 Å². The summed E-state index contributed by atoms with van der Waals surface area (Å²) in [4.78, 5) is 25.0. The lowest BCUT2D eigenvalue weighted by Gasteiger charge is -2.42. The summed E-state index contributed by atoms with van der Waals surface area (Å²) in [7, 11) is 0. The lowest BCUT2D eigenvalue weighted by atomic mass is 9.72. The molecular weight excluding hydrogens is 384 g/mol. The number of esters is 2. The van der Waals surface area contributed by atoms with Gasteiger partial charge in [-0.3, -0.25) is 4.79 Å². The van der Waals surface area contributed by atoms with Gasteiger partial charge in [0, 0.05) is 18.9 Å². The molecule has 0 saturated carbocycles. The van der Waals surface area contributed by atoms with Crippen LogP contribution in [0.25, 0.3) is 0 Å². The molecule has 4 aliphatic rings. The van der Waals surface area contributed by atoms with Crippen LogP contribution < -0.4 is 0 Å². The Morgan fingerprint density at radius 3 is 2.53 bits per heavy atom. The van der Waals surface area contributed by atoms with Gasteiger partial charge in [0.1, 0.15) is 23.4 Å². The highest BCUT2D eigenvalue weighted by Crippen LogP contribution is 2.53. The van der Waals surface area contributed by atoms with Crippen molar-refractivity contribution in [3.63, 3.8) is 0 Å². The van der Waals surface area contributed by atoms with Crippen LogP contribution in [-0.4, -0.2) is 34.5 Å². The molecule has 3 heterocycles. The highest BCUT2D eigenvalue weighted by molar-refractivity contribution is 5.84. The zero-order valence-corrected chi connectivity index (χ0v) is 18.7. The molecule has 6 unspecified atom stereocenters. The maximum atomic E-state index is 12.6. The molecule has 0 spiro atoms. The molecule has 0 amide bonds. The van der Waals surface area contributed by atoms with E-state index in [0.29, 0.717) is 25.0 Å². The largest absolute Gasteiger partial charge is 0.466 e. The minimum absolute atomic E-state index is 0.0535. The third-order valence-electron chi connectivity index (χ3n) is 7.34. The summed E-state index contributed by atoms with van der Waals surface area (Å²) in [5, 5.41) is 10.8. The molecule has 164 valence electrons. The van der Waals surface area contributed by atoms with Crippen LogP contribution in [0.3, 0.4) is 0 Å². The summed E-state index contributed by atoms with van der Waals surface area (Å²) in [6.07, 6.45) is 5.26. The second-order valence-corrected chi connectivity index (χ2v) is 9.93. The molecule has 2 saturated heterocycles. The Balaban J connectivity index is 1.81. The van der Waals surface area contributed by atoms with Crippen molar-refractivity contribution in [1.29, 1.82) is 0 Å². The zero-order valence-electron chi connectivity index (χ0n) is 18.7. The first kappa shape index (κ1) is 21.2. The monoisotopic (exact) mass is 416 g/mol. The number of carbonyl (C=O) groups excluding carboxylic acids is 2. The standard InChI is InChI=1S/C24H32O6/c1-12(2)15-11-17(25)29-23(5)10-9-14(4)21-18-19(24(6,27)30-21)22(26)28-20(18)13(3)7-8-16(15)23/h7,11-12,16,18-20,27H,8-10H2,1-6H3/b13-7+,21-14-. The number of hydrogen-bond donors (Lipinski definition) is 1. The molecule has 0 aromatic rings. The number of aliphatic hydroxyl groups is 1. The summed E-state index contributed by atoms with van der Waals surface area (Å²) >= 11 is 0. The van der Waals surface area contributed by atoms with Crippen LogP contribution in [0.5, 0.6) is 0 Å². The van der Waals surface area contributed by atoms with E-state index < -0.39 is 29.4 Å². The van der Waals surface area contributed by atoms with Crippen LogP contribution >= 0.6 is 0 Å². The highest BCUT2D eigenvalue weighted by Gasteiger charge is 2.63. The fourth-order valence-electron chi connectivity index (χ4n) is 5.61. The maximum absolute atomic E-state index is 12.6. The number of rotatable bonds is 1. The van der Waals surface area contributed by atoms with Crippen molar-refractivity contribution in [2.24, 2.45) is 23.7 Å². The van der Waals surface area contributed by atoms with E-state index in [1.54, 1.807) is 6.08 Å². The summed E-state index contributed by atoms with van der Waals surface area (Å²) in [5.74, 6) is -2.44. The van der Waals surface area contributed by atoms with Crippen molar-refractivity contribution in [2.45, 2.75) is 78.3 Å². The van der Waals surface area contributed by atoms with Gasteiger partial charge in [-0.2, -0.15) is 0 Å². The first-order chi connectivity index (χ1) is 13.9. The number of ether oxygens (including phenoxy) is 3. The van der Waals surface area contributed by atoms with E-state index in [1.807, 2.05) is 20.8 Å². The summed E-state index contributed by atoms with van der Waals surface area (Å²) in [5.41, 5.74) is 2.35. The molecule has 0 radical (unpaired) electrons. The molecule has 3 aliphatic heterocycles. The first-order valence-electron chi connectivity index (χ1n) is 10.9. The molecule has 1 aliphatic carbocycles. The van der Waals surface area contributed by atoms with E-state index in [-0.39, 0.29) is 23.7 Å². The summed E-state index contributed by atoms with van der Waals surface area (Å²) < 4.78 is 17.6. The third-order valence-corrected chi connectivity index (χ3v) is 7.34. The molecule has 0 bridgehead atoms. The minimum Gasteiger partial charge on any atom is -0.466 e. The Labute approximate surface area is 177 Å². The average Bonchev–Trinajstić information content (AvgIpc) is 3.13. The van der Waals surface area contributed by atoms with Crippen molar-refractivity contribution >= 4 is 11.9 Å². The van der Waals surface area contributed by atoms with Gasteiger partial charge in [0.15, 0.2) is 0 Å². The molecular formula is C24H32O6. The Kier molecular flexibility index (Phi) is 4.92. The predicted octanol–water partition coefficient (Wildman–Crippen LogP) is 3.80. The summed E-state index contributed by atoms with van der Waals surface area (Å²) in [6.45, 7) is 11.7. The number of hydrogen-bond acceptors (Lipinski definition) is 6. The van der Waals surface area contributed by atoms with Crippen molar-refractivity contribution in [3.8, 4) is 0 Å². The van der Waals surface area contributed by atoms with Gasteiger partial charge in [-0.15, -0.1) is 0 Å². The normalized spacial score (nSPS) is 45.3. The molecule has 6 heteroatoms. The highest BCUT2D eigenvalue weighted by atomic mass is 16.6. The SMILES string of the molecule is C/C1=C2/OC(C)(O)C3C(=O)OC(/C(C)=C/CC4C(C(C)C)=CC(=O)OC4(C)CC1)C23. The fourth-order valence-corrected chi connectivity index (χ4v) is 5.61. The second kappa shape index (κ2) is 6.98. The Morgan fingerprint density at radius 2 is 1.87 bits per heavy atom. The van der Waals surface area contributed by atoms with E-state index in [0.717, 1.165) is 16.7 Å². The van der Waals surface area contributed by atoms with Crippen LogP contribution in [0.2, 0.25) is 0 Å². The first-order valence-corrected chi connectivity index (χ1v) is 10.9. The van der Waals surface area contributed by atoms with Crippen LogP contribution in [0.15, 0.2) is 34.6 Å². The molecule has 2 fully saturated rings. The number of carbonyl (C=O) groups is 2. The lowest BCUT2D eigenvalue weighted by Crippen LogP contribution is -2.44. The van der Waals surface area contributed by atoms with E-state index >= 15 is 0 Å². The van der Waals surface area contributed by atoms with Crippen LogP contribution in [0, 0.1) is 23.7 Å².